The van der Waals surface area contributed by atoms with Crippen molar-refractivity contribution < 1.29 is 4.79 Å². The average molecular weight is 238 g/mol. The summed E-state index contributed by atoms with van der Waals surface area (Å²) in [5, 5.41) is 4.91. The maximum absolute atomic E-state index is 12.0. The van der Waals surface area contributed by atoms with E-state index in [1.54, 1.807) is 6.07 Å². The highest BCUT2D eigenvalue weighted by Gasteiger charge is 2.65. The number of hydrogen-bond donors (Lipinski definition) is 2. The van der Waals surface area contributed by atoms with Gasteiger partial charge in [0.05, 0.1) is 5.69 Å². The van der Waals surface area contributed by atoms with Crippen LogP contribution in [0.3, 0.4) is 0 Å². The maximum atomic E-state index is 12.0. The van der Waals surface area contributed by atoms with E-state index < -0.39 is 0 Å². The van der Waals surface area contributed by atoms with Crippen molar-refractivity contribution in [3.05, 3.63) is 16.3 Å². The number of nitrogens with two attached hydrogens (primary N) is 1. The molecule has 16 heavy (non-hydrogen) atoms. The number of nitrogens with one attached hydrogen (secondary N) is 1. The fraction of sp³-hybridized carbons (Fsp3) is 0.583. The molecule has 1 heterocycles. The van der Waals surface area contributed by atoms with Gasteiger partial charge in [-0.05, 0) is 22.3 Å². The van der Waals surface area contributed by atoms with Crippen LogP contribution in [0.25, 0.3) is 0 Å². The van der Waals surface area contributed by atoms with E-state index in [4.69, 9.17) is 5.73 Å². The SMILES string of the molecule is CC1(C)C(NC(=O)c2sccc2N)C1(C)C. The molecule has 2 rings (SSSR count). The molecule has 1 aromatic rings. The van der Waals surface area contributed by atoms with Crippen LogP contribution in [0.1, 0.15) is 37.4 Å². The van der Waals surface area contributed by atoms with Crippen molar-refractivity contribution in [2.24, 2.45) is 10.8 Å². The van der Waals surface area contributed by atoms with Gasteiger partial charge in [0, 0.05) is 6.04 Å². The Morgan fingerprint density at radius 1 is 1.38 bits per heavy atom. The van der Waals surface area contributed by atoms with Gasteiger partial charge >= 0.3 is 0 Å². The first-order valence-electron chi connectivity index (χ1n) is 5.42. The highest BCUT2D eigenvalue weighted by Crippen LogP contribution is 2.62. The van der Waals surface area contributed by atoms with E-state index >= 15 is 0 Å². The van der Waals surface area contributed by atoms with E-state index in [1.807, 2.05) is 5.38 Å². The fourth-order valence-corrected chi connectivity index (χ4v) is 2.98. The van der Waals surface area contributed by atoms with Gasteiger partial charge in [-0.15, -0.1) is 11.3 Å². The second-order valence-corrected chi connectivity index (χ2v) is 6.47. The standard InChI is InChI=1S/C12H18N2OS/c1-11(2)10(12(11,3)4)14-9(15)8-7(13)5-6-16-8/h5-6,10H,13H2,1-4H3,(H,14,15). The summed E-state index contributed by atoms with van der Waals surface area (Å²) in [6, 6.07) is 2.00. The van der Waals surface area contributed by atoms with E-state index in [0.29, 0.717) is 10.6 Å². The zero-order chi connectivity index (χ0) is 12.1. The molecule has 1 saturated carbocycles. The molecule has 4 heteroatoms. The molecule has 88 valence electrons. The predicted octanol–water partition coefficient (Wildman–Crippen LogP) is 2.49. The summed E-state index contributed by atoms with van der Waals surface area (Å²) >= 11 is 1.39. The van der Waals surface area contributed by atoms with Gasteiger partial charge in [0.25, 0.3) is 5.91 Å². The van der Waals surface area contributed by atoms with Crippen LogP contribution in [0.5, 0.6) is 0 Å². The highest BCUT2D eigenvalue weighted by molar-refractivity contribution is 7.12. The zero-order valence-electron chi connectivity index (χ0n) is 10.1. The molecule has 0 aromatic carbocycles. The van der Waals surface area contributed by atoms with Crippen molar-refractivity contribution >= 4 is 22.9 Å². The van der Waals surface area contributed by atoms with Crippen LogP contribution in [0.4, 0.5) is 5.69 Å². The van der Waals surface area contributed by atoms with Crippen molar-refractivity contribution in [2.75, 3.05) is 5.73 Å². The van der Waals surface area contributed by atoms with Crippen LogP contribution in [-0.2, 0) is 0 Å². The Kier molecular flexibility index (Phi) is 2.31. The van der Waals surface area contributed by atoms with Crippen LogP contribution in [0.2, 0.25) is 0 Å². The Hall–Kier alpha value is -1.03. The summed E-state index contributed by atoms with van der Waals surface area (Å²) in [5.41, 5.74) is 6.61. The molecule has 0 unspecified atom stereocenters. The average Bonchev–Trinajstić information content (AvgIpc) is 2.57. The number of carbonyl (C=O) groups is 1. The third-order valence-electron chi connectivity index (χ3n) is 4.20. The Labute approximate surface area is 100 Å². The predicted molar refractivity (Wildman–Crippen MR) is 67.5 cm³/mol. The monoisotopic (exact) mass is 238 g/mol. The molecule has 1 aliphatic carbocycles. The first kappa shape index (κ1) is 11.5. The third-order valence-corrected chi connectivity index (χ3v) is 5.13. The quantitative estimate of drug-likeness (QED) is 0.831. The van der Waals surface area contributed by atoms with Crippen molar-refractivity contribution in [2.45, 2.75) is 33.7 Å². The van der Waals surface area contributed by atoms with Gasteiger partial charge in [0.15, 0.2) is 0 Å². The van der Waals surface area contributed by atoms with Gasteiger partial charge in [0.2, 0.25) is 0 Å². The van der Waals surface area contributed by atoms with E-state index in [9.17, 15) is 4.79 Å². The molecule has 3 nitrogen and oxygen atoms in total. The van der Waals surface area contributed by atoms with E-state index in [-0.39, 0.29) is 22.8 Å². The molecule has 0 saturated heterocycles. The summed E-state index contributed by atoms with van der Waals surface area (Å²) in [5.74, 6) is -0.0452. The zero-order valence-corrected chi connectivity index (χ0v) is 10.9. The minimum atomic E-state index is -0.0452. The molecular formula is C12H18N2OS. The lowest BCUT2D eigenvalue weighted by Crippen LogP contribution is -2.29. The van der Waals surface area contributed by atoms with E-state index in [1.165, 1.54) is 11.3 Å². The lowest BCUT2D eigenvalue weighted by Gasteiger charge is -2.05. The van der Waals surface area contributed by atoms with E-state index in [2.05, 4.69) is 33.0 Å². The summed E-state index contributed by atoms with van der Waals surface area (Å²) in [7, 11) is 0. The number of amides is 1. The van der Waals surface area contributed by atoms with Gasteiger partial charge < -0.3 is 11.1 Å². The Morgan fingerprint density at radius 3 is 2.31 bits per heavy atom. The second kappa shape index (κ2) is 3.23. The Morgan fingerprint density at radius 2 is 1.94 bits per heavy atom. The number of thiophene rings is 1. The van der Waals surface area contributed by atoms with E-state index in [0.717, 1.165) is 0 Å². The molecule has 1 fully saturated rings. The molecule has 0 atom stereocenters. The molecular weight excluding hydrogens is 220 g/mol. The third kappa shape index (κ3) is 1.44. The van der Waals surface area contributed by atoms with Crippen molar-refractivity contribution in [1.29, 1.82) is 0 Å². The van der Waals surface area contributed by atoms with Crippen LogP contribution >= 0.6 is 11.3 Å². The number of nitrogen functional groups attached to an aromatic ring is 1. The van der Waals surface area contributed by atoms with Crippen molar-refractivity contribution in [3.63, 3.8) is 0 Å². The molecule has 1 aromatic heterocycles. The molecule has 0 spiro atoms. The molecule has 0 bridgehead atoms. The normalized spacial score (nSPS) is 21.8. The van der Waals surface area contributed by atoms with Crippen LogP contribution in [0.15, 0.2) is 11.4 Å². The highest BCUT2D eigenvalue weighted by atomic mass is 32.1. The number of rotatable bonds is 2. The van der Waals surface area contributed by atoms with Crippen LogP contribution < -0.4 is 11.1 Å². The largest absolute Gasteiger partial charge is 0.397 e. The van der Waals surface area contributed by atoms with Gasteiger partial charge in [-0.25, -0.2) is 0 Å². The minimum absolute atomic E-state index is 0.0452. The Balaban J connectivity index is 2.09. The Bertz CT molecular complexity index is 420. The summed E-state index contributed by atoms with van der Waals surface area (Å²) in [4.78, 5) is 12.6. The van der Waals surface area contributed by atoms with Gasteiger partial charge in [-0.3, -0.25) is 4.79 Å². The van der Waals surface area contributed by atoms with Crippen molar-refractivity contribution in [1.82, 2.24) is 5.32 Å². The fourth-order valence-electron chi connectivity index (χ4n) is 2.26. The molecule has 0 radical (unpaired) electrons. The lowest BCUT2D eigenvalue weighted by molar-refractivity contribution is 0.0948. The molecule has 1 aliphatic rings. The van der Waals surface area contributed by atoms with Gasteiger partial charge in [-0.2, -0.15) is 0 Å². The number of carbonyl (C=O) groups excluding carboxylic acids is 1. The number of hydrogen-bond acceptors (Lipinski definition) is 3. The summed E-state index contributed by atoms with van der Waals surface area (Å²) < 4.78 is 0. The second-order valence-electron chi connectivity index (χ2n) is 5.55. The molecule has 3 N–H and O–H groups in total. The van der Waals surface area contributed by atoms with Crippen molar-refractivity contribution in [3.8, 4) is 0 Å². The number of anilines is 1. The first-order valence-corrected chi connectivity index (χ1v) is 6.30. The maximum Gasteiger partial charge on any atom is 0.263 e. The minimum Gasteiger partial charge on any atom is -0.397 e. The smallest absolute Gasteiger partial charge is 0.263 e. The topological polar surface area (TPSA) is 55.1 Å². The van der Waals surface area contributed by atoms with Gasteiger partial charge in [-0.1, -0.05) is 27.7 Å². The van der Waals surface area contributed by atoms with Gasteiger partial charge in [0.1, 0.15) is 4.88 Å². The lowest BCUT2D eigenvalue weighted by atomic mass is 10.0. The summed E-state index contributed by atoms with van der Waals surface area (Å²) in [6.07, 6.45) is 0. The first-order chi connectivity index (χ1) is 7.28. The van der Waals surface area contributed by atoms with Crippen LogP contribution in [-0.4, -0.2) is 11.9 Å². The van der Waals surface area contributed by atoms with Crippen LogP contribution in [0, 0.1) is 10.8 Å². The molecule has 1 amide bonds. The molecule has 0 aliphatic heterocycles. The summed E-state index contributed by atoms with van der Waals surface area (Å²) in [6.45, 7) is 8.71.